The van der Waals surface area contributed by atoms with Crippen molar-refractivity contribution in [2.45, 2.75) is 37.8 Å². The third kappa shape index (κ3) is 3.42. The van der Waals surface area contributed by atoms with Crippen molar-refractivity contribution >= 4 is 5.91 Å². The maximum absolute atomic E-state index is 13.9. The van der Waals surface area contributed by atoms with Crippen LogP contribution in [0.1, 0.15) is 32.1 Å². The fourth-order valence-electron chi connectivity index (χ4n) is 2.69. The highest BCUT2D eigenvalue weighted by Gasteiger charge is 2.35. The summed E-state index contributed by atoms with van der Waals surface area (Å²) in [6, 6.07) is 0. The first-order valence-electron chi connectivity index (χ1n) is 6.87. The number of carbonyl (C=O) groups is 1. The minimum Gasteiger partial charge on any atom is -0.381 e. The second-order valence-corrected chi connectivity index (χ2v) is 5.50. The normalized spacial score (nSPS) is 25.1. The molecule has 2 aliphatic rings. The molecule has 2 rings (SSSR count). The van der Waals surface area contributed by atoms with Crippen molar-refractivity contribution in [2.24, 2.45) is 11.7 Å². The minimum atomic E-state index is -1.25. The number of hydrogen-bond donors (Lipinski definition) is 1. The Bertz CT molecular complexity index is 285. The highest BCUT2D eigenvalue weighted by molar-refractivity contribution is 5.76. The molecule has 0 aromatic heterocycles. The molecular weight excluding hydrogens is 235 g/mol. The number of ether oxygens (including phenoxy) is 1. The molecule has 0 aliphatic carbocycles. The molecule has 0 saturated carbocycles. The van der Waals surface area contributed by atoms with Crippen LogP contribution < -0.4 is 5.73 Å². The van der Waals surface area contributed by atoms with Crippen molar-refractivity contribution in [3.05, 3.63) is 0 Å². The Morgan fingerprint density at radius 3 is 2.50 bits per heavy atom. The van der Waals surface area contributed by atoms with Crippen molar-refractivity contribution in [3.63, 3.8) is 0 Å². The third-order valence-electron chi connectivity index (χ3n) is 4.18. The van der Waals surface area contributed by atoms with Crippen molar-refractivity contribution in [1.82, 2.24) is 4.90 Å². The number of nitrogens with two attached hydrogens (primary N) is 1. The number of amides is 1. The van der Waals surface area contributed by atoms with Crippen LogP contribution in [0.25, 0.3) is 0 Å². The van der Waals surface area contributed by atoms with Gasteiger partial charge in [-0.15, -0.1) is 0 Å². The van der Waals surface area contributed by atoms with Crippen molar-refractivity contribution in [2.75, 3.05) is 32.8 Å². The summed E-state index contributed by atoms with van der Waals surface area (Å²) in [5.74, 6) is 0.610. The molecule has 4 nitrogen and oxygen atoms in total. The van der Waals surface area contributed by atoms with Gasteiger partial charge in [0.15, 0.2) is 0 Å². The molecule has 0 radical (unpaired) electrons. The molecule has 0 aromatic rings. The number of piperidine rings is 1. The first kappa shape index (κ1) is 13.7. The van der Waals surface area contributed by atoms with Crippen LogP contribution in [-0.4, -0.2) is 49.3 Å². The van der Waals surface area contributed by atoms with Crippen molar-refractivity contribution in [3.8, 4) is 0 Å². The zero-order chi connectivity index (χ0) is 13.0. The summed E-state index contributed by atoms with van der Waals surface area (Å²) in [4.78, 5) is 13.9. The molecule has 0 unspecified atom stereocenters. The van der Waals surface area contributed by atoms with E-state index in [0.717, 1.165) is 26.1 Å². The monoisotopic (exact) mass is 258 g/mol. The quantitative estimate of drug-likeness (QED) is 0.824. The summed E-state index contributed by atoms with van der Waals surface area (Å²) in [5.41, 5.74) is 4.16. The van der Waals surface area contributed by atoms with E-state index in [-0.39, 0.29) is 12.5 Å². The van der Waals surface area contributed by atoms with Gasteiger partial charge in [-0.2, -0.15) is 0 Å². The predicted octanol–water partition coefficient (Wildman–Crippen LogP) is 1.09. The average molecular weight is 258 g/mol. The number of alkyl halides is 1. The number of halogens is 1. The van der Waals surface area contributed by atoms with E-state index in [0.29, 0.717) is 38.3 Å². The van der Waals surface area contributed by atoms with Crippen LogP contribution in [0.3, 0.4) is 0 Å². The Morgan fingerprint density at radius 2 is 1.94 bits per heavy atom. The van der Waals surface area contributed by atoms with E-state index in [1.807, 2.05) is 0 Å². The molecule has 2 heterocycles. The Morgan fingerprint density at radius 1 is 1.33 bits per heavy atom. The second kappa shape index (κ2) is 5.97. The number of carbonyl (C=O) groups excluding carboxylic acids is 1. The van der Waals surface area contributed by atoms with Crippen LogP contribution in [0.2, 0.25) is 0 Å². The molecule has 2 N–H and O–H groups in total. The molecule has 2 aliphatic heterocycles. The Balaban J connectivity index is 1.76. The zero-order valence-electron chi connectivity index (χ0n) is 10.9. The second-order valence-electron chi connectivity index (χ2n) is 5.50. The Hall–Kier alpha value is -0.680. The van der Waals surface area contributed by atoms with Gasteiger partial charge in [0.05, 0.1) is 0 Å². The number of likely N-dealkylation sites (tertiary alicyclic amines) is 1. The third-order valence-corrected chi connectivity index (χ3v) is 4.18. The van der Waals surface area contributed by atoms with Gasteiger partial charge in [0, 0.05) is 52.1 Å². The summed E-state index contributed by atoms with van der Waals surface area (Å²) in [6.45, 7) is 2.61. The lowest BCUT2D eigenvalue weighted by Gasteiger charge is -2.36. The minimum absolute atomic E-state index is 0.0645. The zero-order valence-corrected chi connectivity index (χ0v) is 10.9. The summed E-state index contributed by atoms with van der Waals surface area (Å²) in [5, 5.41) is 0. The van der Waals surface area contributed by atoms with Crippen LogP contribution in [-0.2, 0) is 9.53 Å². The lowest BCUT2D eigenvalue weighted by Crippen LogP contribution is -2.48. The standard InChI is InChI=1S/C13H23FN2O2/c14-13(10-15)3-5-16(6-4-13)12(17)9-11-1-7-18-8-2-11/h11H,1-10,15H2. The first-order valence-corrected chi connectivity index (χ1v) is 6.87. The van der Waals surface area contributed by atoms with Gasteiger partial charge in [0.2, 0.25) is 5.91 Å². The number of nitrogens with zero attached hydrogens (tertiary/aromatic N) is 1. The van der Waals surface area contributed by atoms with Crippen LogP contribution in [0.15, 0.2) is 0 Å². The van der Waals surface area contributed by atoms with Crippen LogP contribution in [0.5, 0.6) is 0 Å². The molecule has 1 amide bonds. The van der Waals surface area contributed by atoms with E-state index < -0.39 is 5.67 Å². The lowest BCUT2D eigenvalue weighted by molar-refractivity contribution is -0.135. The summed E-state index contributed by atoms with van der Waals surface area (Å²) < 4.78 is 19.2. The van der Waals surface area contributed by atoms with E-state index >= 15 is 0 Å². The maximum Gasteiger partial charge on any atom is 0.222 e. The molecule has 0 aromatic carbocycles. The van der Waals surface area contributed by atoms with Crippen LogP contribution in [0, 0.1) is 5.92 Å². The smallest absolute Gasteiger partial charge is 0.222 e. The molecule has 0 spiro atoms. The molecule has 0 bridgehead atoms. The lowest BCUT2D eigenvalue weighted by atomic mass is 9.92. The van der Waals surface area contributed by atoms with E-state index in [2.05, 4.69) is 0 Å². The summed E-state index contributed by atoms with van der Waals surface area (Å²) >= 11 is 0. The molecule has 0 atom stereocenters. The van der Waals surface area contributed by atoms with Gasteiger partial charge < -0.3 is 15.4 Å². The number of hydrogen-bond acceptors (Lipinski definition) is 3. The van der Waals surface area contributed by atoms with Gasteiger partial charge in [-0.3, -0.25) is 4.79 Å². The van der Waals surface area contributed by atoms with Crippen LogP contribution >= 0.6 is 0 Å². The maximum atomic E-state index is 13.9. The van der Waals surface area contributed by atoms with E-state index in [1.165, 1.54) is 0 Å². The topological polar surface area (TPSA) is 55.6 Å². The van der Waals surface area contributed by atoms with Crippen molar-refractivity contribution in [1.29, 1.82) is 0 Å². The van der Waals surface area contributed by atoms with Gasteiger partial charge >= 0.3 is 0 Å². The first-order chi connectivity index (χ1) is 8.63. The Labute approximate surface area is 108 Å². The van der Waals surface area contributed by atoms with E-state index in [1.54, 1.807) is 4.90 Å². The molecule has 18 heavy (non-hydrogen) atoms. The Kier molecular flexibility index (Phi) is 4.56. The summed E-state index contributed by atoms with van der Waals surface area (Å²) in [6.07, 6.45) is 3.28. The van der Waals surface area contributed by atoms with Crippen LogP contribution in [0.4, 0.5) is 4.39 Å². The van der Waals surface area contributed by atoms with Gasteiger partial charge in [-0.05, 0) is 18.8 Å². The molecule has 5 heteroatoms. The van der Waals surface area contributed by atoms with Gasteiger partial charge in [0.1, 0.15) is 5.67 Å². The fraction of sp³-hybridized carbons (Fsp3) is 0.923. The van der Waals surface area contributed by atoms with Gasteiger partial charge in [0.25, 0.3) is 0 Å². The SMILES string of the molecule is NCC1(F)CCN(C(=O)CC2CCOCC2)CC1. The molecular formula is C13H23FN2O2. The molecule has 2 fully saturated rings. The number of rotatable bonds is 3. The fourth-order valence-corrected chi connectivity index (χ4v) is 2.69. The van der Waals surface area contributed by atoms with Gasteiger partial charge in [-0.25, -0.2) is 4.39 Å². The molecule has 2 saturated heterocycles. The highest BCUT2D eigenvalue weighted by atomic mass is 19.1. The predicted molar refractivity (Wildman–Crippen MR) is 66.9 cm³/mol. The summed E-state index contributed by atoms with van der Waals surface area (Å²) in [7, 11) is 0. The van der Waals surface area contributed by atoms with Gasteiger partial charge in [-0.1, -0.05) is 0 Å². The largest absolute Gasteiger partial charge is 0.381 e. The highest BCUT2D eigenvalue weighted by Crippen LogP contribution is 2.27. The van der Waals surface area contributed by atoms with Crippen molar-refractivity contribution < 1.29 is 13.9 Å². The molecule has 104 valence electrons. The average Bonchev–Trinajstić information content (AvgIpc) is 2.40. The van der Waals surface area contributed by atoms with E-state index in [4.69, 9.17) is 10.5 Å². The van der Waals surface area contributed by atoms with E-state index in [9.17, 15) is 9.18 Å².